The SMILES string of the molecule is CC(C)(O/N=C(\C(=O)N[C@@H]1C(=O)N2C(C(=O)[O-])=C(C[n+]3ccccc3)CS[C@H]12)c1csc(N)n1)C(=O)O.CN(C)[C@@H]1C(=O)C(C(N)=O)=C(O)[C@@]2(O)C(=O)C3=C(O)c4c(O)cccc4[C@@](C)(O)[C@H]3C[C@@H]12.CO/N=C(\C(=O)N[C@@H]1C(=O)N2C(C(=O)O)=C(CSc3nc(=O)c(=O)[nH]n3C)CS[C@H]12)c1csc(N)n1. The van der Waals surface area contributed by atoms with Gasteiger partial charge in [0.2, 0.25) is 11.4 Å². The van der Waals surface area contributed by atoms with Crippen molar-refractivity contribution in [1.29, 1.82) is 0 Å². The van der Waals surface area contributed by atoms with E-state index in [-0.39, 0.29) is 85.2 Å². The van der Waals surface area contributed by atoms with Gasteiger partial charge >= 0.3 is 23.1 Å². The number of hydrogen-bond acceptors (Lipinski definition) is 33. The summed E-state index contributed by atoms with van der Waals surface area (Å²) in [6, 6.07) is 6.38. The molecule has 43 heteroatoms. The Morgan fingerprint density at radius 1 is 0.838 bits per heavy atom. The van der Waals surface area contributed by atoms with Gasteiger partial charge in [-0.25, -0.2) is 24.1 Å². The van der Waals surface area contributed by atoms with E-state index in [1.54, 1.807) is 29.1 Å². The number of anilines is 2. The second-order valence-electron chi connectivity index (χ2n) is 24.8. The Morgan fingerprint density at radius 2 is 1.40 bits per heavy atom. The van der Waals surface area contributed by atoms with E-state index >= 15 is 0 Å². The van der Waals surface area contributed by atoms with Crippen molar-refractivity contribution in [3.05, 3.63) is 142 Å². The summed E-state index contributed by atoms with van der Waals surface area (Å²) >= 11 is 5.73. The van der Waals surface area contributed by atoms with E-state index in [0.29, 0.717) is 16.9 Å². The topological polar surface area (TPSA) is 588 Å². The predicted octanol–water partition coefficient (Wildman–Crippen LogP) is -3.28. The molecule has 0 spiro atoms. The number of nitrogens with two attached hydrogens (primary N) is 3. The Balaban J connectivity index is 0.000000169. The lowest BCUT2D eigenvalue weighted by Crippen LogP contribution is -2.71. The van der Waals surface area contributed by atoms with E-state index in [1.165, 1.54) is 111 Å². The maximum atomic E-state index is 13.7. The normalized spacial score (nSPS) is 24.1. The molecule has 3 aliphatic carbocycles. The van der Waals surface area contributed by atoms with Crippen molar-refractivity contribution in [3.63, 3.8) is 0 Å². The number of aromatic nitrogens is 6. The molecule has 38 nitrogen and oxygen atoms in total. The monoisotopic (exact) mass is 1540 g/mol. The number of aliphatic carboxylic acids is 3. The zero-order valence-electron chi connectivity index (χ0n) is 55.9. The minimum atomic E-state index is -2.75. The number of rotatable bonds is 19. The van der Waals surface area contributed by atoms with E-state index in [2.05, 4.69) is 41.0 Å². The number of nitrogens with one attached hydrogen (secondary N) is 3. The molecule has 554 valence electrons. The highest BCUT2D eigenvalue weighted by atomic mass is 32.2. The summed E-state index contributed by atoms with van der Waals surface area (Å²) in [5.74, 6) is -14.2. The number of phenolic OH excluding ortho intramolecular Hbond substituents is 1. The summed E-state index contributed by atoms with van der Waals surface area (Å²) < 4.78 is 3.03. The number of carbonyl (C=O) groups is 10. The lowest BCUT2D eigenvalue weighted by atomic mass is 9.54. The quantitative estimate of drug-likeness (QED) is 0.00733. The molecule has 2 saturated heterocycles. The largest absolute Gasteiger partial charge is 0.543 e. The number of carbonyl (C=O) groups excluding carboxylic acids is 8. The van der Waals surface area contributed by atoms with E-state index < -0.39 is 156 Å². The molecule has 12 rings (SSSR count). The number of phenols is 1. The first kappa shape index (κ1) is 76.8. The zero-order chi connectivity index (χ0) is 77.0. The Hall–Kier alpha value is -10.8. The summed E-state index contributed by atoms with van der Waals surface area (Å²) in [6.45, 7) is 4.15. The van der Waals surface area contributed by atoms with Crippen molar-refractivity contribution < 1.29 is 103 Å². The second-order valence-corrected chi connectivity index (χ2v) is 29.8. The summed E-state index contributed by atoms with van der Waals surface area (Å²) in [5, 5.41) is 103. The number of thiazole rings is 2. The number of pyridine rings is 1. The number of Topliss-reactive ketones (excluding diaryl/α,β-unsaturated/α-hetero) is 2. The maximum Gasteiger partial charge on any atom is 0.352 e. The molecule has 4 aliphatic heterocycles. The summed E-state index contributed by atoms with van der Waals surface area (Å²) in [6.07, 6.45) is 3.35. The Morgan fingerprint density at radius 3 is 1.91 bits per heavy atom. The first-order chi connectivity index (χ1) is 49.4. The number of fused-ring (bicyclic) bond motifs is 5. The highest BCUT2D eigenvalue weighted by Crippen LogP contribution is 2.57. The summed E-state index contributed by atoms with van der Waals surface area (Å²) in [4.78, 5) is 174. The van der Waals surface area contributed by atoms with Crippen molar-refractivity contribution >= 4 is 144 Å². The number of amides is 5. The number of likely N-dealkylation sites (N-methyl/N-ethyl adjacent to an activating group) is 1. The molecule has 7 aliphatic rings. The van der Waals surface area contributed by atoms with Crippen LogP contribution in [0, 0.1) is 11.8 Å². The smallest absolute Gasteiger partial charge is 0.352 e. The molecule has 0 unspecified atom stereocenters. The third-order valence-corrected chi connectivity index (χ3v) is 22.7. The van der Waals surface area contributed by atoms with Crippen LogP contribution in [-0.4, -0.2) is 224 Å². The minimum Gasteiger partial charge on any atom is -0.543 e. The predicted molar refractivity (Wildman–Crippen MR) is 370 cm³/mol. The number of carboxylic acid groups (broad SMARTS) is 3. The number of aryl methyl sites for hydroxylation is 1. The standard InChI is InChI=1S/C22H22N6O7S2.C22H24N2O8.C18H18N8O7S3/c1-22(2,20(33)34)35-26-13(12-10-37-21(23)24-12)16(29)25-14-17(30)28-15(19(31)32)11(9-36-18(14)28)8-27-6-4-3-5-7-27;1-21(31)8-5-4-6-11(25)12(8)16(26)13-9(21)7-10-15(24(2)3)17(27)14(20(23)30)19(29)22(10,32)18(13)28;1-25-18(22-12(28)13(29)23-25)36-4-6-3-34-15-9(14(30)26(15)10(6)16(31)32)21-11(27)8(24-33-2)7-5-35-17(19)20-7/h3-7,10,14,18H,8-9H2,1-2H3,(H4-,23,24,25,29,31,32,33,34);4-6,9-10,15,25-26,29,31-32H,7H2,1-3H3,(H2,23,30);5,9,15H,3-4H2,1-2H3,(H2,19,20)(H,21,27)(H,23,29)(H,31,32)/b26-13-;;24-8-/t14-,18-;9-,10-,15-,21+,22-;9-,15-/m101/s1. The third kappa shape index (κ3) is 14.2. The molecule has 16 N–H and O–H groups in total. The number of benzene rings is 1. The van der Waals surface area contributed by atoms with Crippen LogP contribution in [0.25, 0.3) is 5.76 Å². The van der Waals surface area contributed by atoms with E-state index in [1.807, 2.05) is 6.07 Å². The molecular weight excluding hydrogens is 1480 g/mol. The number of carboxylic acids is 3. The molecule has 0 bridgehead atoms. The highest BCUT2D eigenvalue weighted by molar-refractivity contribution is 8.01. The van der Waals surface area contributed by atoms with Crippen LogP contribution in [0.3, 0.4) is 0 Å². The van der Waals surface area contributed by atoms with Gasteiger partial charge in [-0.05, 0) is 58.5 Å². The first-order valence-electron chi connectivity index (χ1n) is 30.8. The average Bonchev–Trinajstić information content (AvgIpc) is 0.915. The Labute approximate surface area is 611 Å². The van der Waals surface area contributed by atoms with Crippen molar-refractivity contribution in [2.75, 3.05) is 49.9 Å². The lowest BCUT2D eigenvalue weighted by Gasteiger charge is -2.53. The fourth-order valence-corrected chi connectivity index (χ4v) is 17.3. The lowest BCUT2D eigenvalue weighted by molar-refractivity contribution is -0.689. The van der Waals surface area contributed by atoms with Crippen LogP contribution in [0.1, 0.15) is 49.7 Å². The maximum absolute atomic E-state index is 13.7. The van der Waals surface area contributed by atoms with Crippen molar-refractivity contribution in [2.45, 2.75) is 84.6 Å². The van der Waals surface area contributed by atoms with E-state index in [0.717, 1.165) is 44.2 Å². The van der Waals surface area contributed by atoms with Gasteiger partial charge in [0.25, 0.3) is 29.5 Å². The van der Waals surface area contributed by atoms with Gasteiger partial charge in [0.05, 0.1) is 28.9 Å². The Bertz CT molecular complexity index is 4850. The molecule has 5 aromatic rings. The van der Waals surface area contributed by atoms with Crippen LogP contribution >= 0.6 is 58.0 Å². The number of nitrogens with zero attached hydrogens (tertiary/aromatic N) is 10. The van der Waals surface area contributed by atoms with Crippen molar-refractivity contribution in [3.8, 4) is 5.75 Å². The molecule has 105 heavy (non-hydrogen) atoms. The molecule has 9 atom stereocenters. The number of oxime groups is 2. The van der Waals surface area contributed by atoms with Gasteiger partial charge in [0.15, 0.2) is 57.2 Å². The number of primary amides is 1. The number of aromatic hydroxyl groups is 1. The van der Waals surface area contributed by atoms with Crippen LogP contribution in [0.5, 0.6) is 5.75 Å². The third-order valence-electron chi connectivity index (χ3n) is 17.6. The van der Waals surface area contributed by atoms with Gasteiger partial charge in [-0.3, -0.25) is 67.6 Å². The first-order valence-corrected chi connectivity index (χ1v) is 35.6. The summed E-state index contributed by atoms with van der Waals surface area (Å²) in [5.41, 5.74) is 7.28. The van der Waals surface area contributed by atoms with E-state index in [4.69, 9.17) is 26.9 Å². The molecular formula is C62H64N16O22S5. The molecule has 1 aromatic carbocycles. The van der Waals surface area contributed by atoms with Crippen LogP contribution < -0.4 is 48.6 Å². The number of thioether (sulfide) groups is 3. The Kier molecular flexibility index (Phi) is 21.7. The molecule has 5 amide bonds. The van der Waals surface area contributed by atoms with Gasteiger partial charge in [0.1, 0.15) is 69.9 Å². The van der Waals surface area contributed by atoms with Gasteiger partial charge in [-0.2, -0.15) is 4.98 Å². The number of β-lactam (4-membered cyclic amide) rings is 2. The number of ketones is 2. The second kappa shape index (κ2) is 29.7. The fourth-order valence-electron chi connectivity index (χ4n) is 12.5. The average molecular weight is 1550 g/mol. The number of aliphatic hydroxyl groups excluding tert-OH is 2. The number of aliphatic hydroxyl groups is 4. The van der Waals surface area contributed by atoms with E-state index in [9.17, 15) is 98.4 Å². The zero-order valence-corrected chi connectivity index (χ0v) is 59.9. The van der Waals surface area contributed by atoms with Crippen molar-refractivity contribution in [2.24, 2.45) is 34.9 Å². The fraction of sp³-hybridized carbons (Fsp3) is 0.355. The van der Waals surface area contributed by atoms with Crippen LogP contribution in [-0.2, 0) is 76.8 Å². The molecule has 3 fully saturated rings. The number of hydrogen-bond donors (Lipinski definition) is 13. The molecule has 8 heterocycles. The number of nitrogen functional groups attached to an aromatic ring is 2. The van der Waals surface area contributed by atoms with Gasteiger partial charge < -0.3 is 83.2 Å². The van der Waals surface area contributed by atoms with Gasteiger partial charge in [-0.15, -0.1) is 46.2 Å². The van der Waals surface area contributed by atoms with Crippen LogP contribution in [0.2, 0.25) is 0 Å². The van der Waals surface area contributed by atoms with Gasteiger partial charge in [-0.1, -0.05) is 40.3 Å². The molecule has 0 radical (unpaired) electrons. The molecule has 4 aromatic heterocycles. The number of aromatic amines is 1. The minimum absolute atomic E-state index is 0.0265. The summed E-state index contributed by atoms with van der Waals surface area (Å²) in [7, 11) is 5.75. The van der Waals surface area contributed by atoms with Gasteiger partial charge in [0, 0.05) is 70.2 Å². The number of H-pyrrole nitrogens is 1. The highest BCUT2D eigenvalue weighted by Gasteiger charge is 2.67. The van der Waals surface area contributed by atoms with Crippen LogP contribution in [0.4, 0.5) is 10.3 Å². The molecule has 1 saturated carbocycles. The van der Waals surface area contributed by atoms with Crippen LogP contribution in [0.15, 0.2) is 124 Å². The van der Waals surface area contributed by atoms with Crippen molar-refractivity contribution in [1.82, 2.24) is 50.1 Å².